The molecule has 0 aliphatic carbocycles. The number of carbonyl (C=O) groups is 1. The molecule has 2 aromatic carbocycles. The second kappa shape index (κ2) is 7.00. The van der Waals surface area contributed by atoms with Gasteiger partial charge in [-0.05, 0) is 38.1 Å². The second-order valence-electron chi connectivity index (χ2n) is 5.54. The van der Waals surface area contributed by atoms with E-state index in [1.807, 2.05) is 6.92 Å². The fourth-order valence-corrected chi connectivity index (χ4v) is 3.48. The van der Waals surface area contributed by atoms with Gasteiger partial charge in [-0.3, -0.25) is 9.10 Å². The Kier molecular flexibility index (Phi) is 5.23. The maximum atomic E-state index is 13.7. The van der Waals surface area contributed by atoms with Gasteiger partial charge >= 0.3 is 0 Å². The number of benzene rings is 2. The first-order valence-electron chi connectivity index (χ1n) is 7.31. The summed E-state index contributed by atoms with van der Waals surface area (Å²) in [5, 5.41) is 2.42. The first-order valence-corrected chi connectivity index (χ1v) is 9.16. The van der Waals surface area contributed by atoms with Gasteiger partial charge in [0.2, 0.25) is 15.9 Å². The van der Waals surface area contributed by atoms with Crippen LogP contribution < -0.4 is 9.62 Å². The van der Waals surface area contributed by atoms with Gasteiger partial charge in [-0.2, -0.15) is 0 Å². The van der Waals surface area contributed by atoms with Crippen molar-refractivity contribution in [3.05, 3.63) is 59.9 Å². The summed E-state index contributed by atoms with van der Waals surface area (Å²) in [4.78, 5) is 12.4. The van der Waals surface area contributed by atoms with Gasteiger partial charge in [0.05, 0.1) is 17.6 Å². The molecule has 0 heterocycles. The fourth-order valence-electron chi connectivity index (χ4n) is 2.30. The number of para-hydroxylation sites is 1. The molecule has 0 saturated heterocycles. The van der Waals surface area contributed by atoms with Gasteiger partial charge in [0.25, 0.3) is 0 Å². The normalized spacial score (nSPS) is 12.5. The number of anilines is 2. The molecule has 1 unspecified atom stereocenters. The van der Waals surface area contributed by atoms with Crippen molar-refractivity contribution in [2.24, 2.45) is 0 Å². The predicted molar refractivity (Wildman–Crippen MR) is 93.0 cm³/mol. The monoisotopic (exact) mass is 350 g/mol. The molecular formula is C17H19FN2O3S. The molecule has 2 aromatic rings. The van der Waals surface area contributed by atoms with Gasteiger partial charge in [-0.1, -0.05) is 29.8 Å². The highest BCUT2D eigenvalue weighted by Crippen LogP contribution is 2.22. The van der Waals surface area contributed by atoms with E-state index < -0.39 is 27.8 Å². The summed E-state index contributed by atoms with van der Waals surface area (Å²) in [7, 11) is -3.70. The zero-order valence-electron chi connectivity index (χ0n) is 13.7. The molecule has 5 nitrogen and oxygen atoms in total. The van der Waals surface area contributed by atoms with Crippen LogP contribution in [0.4, 0.5) is 15.8 Å². The Balaban J connectivity index is 2.31. The standard InChI is InChI=1S/C17H19FN2O3S/c1-12-8-10-14(11-9-12)20(24(3,22)23)13(2)17(21)19-16-7-5-4-6-15(16)18/h4-11,13H,1-3H3,(H,19,21). The molecule has 0 bridgehead atoms. The van der Waals surface area contributed by atoms with Crippen molar-refractivity contribution in [3.8, 4) is 0 Å². The van der Waals surface area contributed by atoms with Gasteiger partial charge < -0.3 is 5.32 Å². The van der Waals surface area contributed by atoms with Crippen molar-refractivity contribution >= 4 is 27.3 Å². The summed E-state index contributed by atoms with van der Waals surface area (Å²) < 4.78 is 39.0. The van der Waals surface area contributed by atoms with E-state index in [2.05, 4.69) is 5.32 Å². The Bertz CT molecular complexity index is 835. The lowest BCUT2D eigenvalue weighted by Crippen LogP contribution is -2.45. The van der Waals surface area contributed by atoms with E-state index in [-0.39, 0.29) is 5.69 Å². The average molecular weight is 350 g/mol. The Morgan fingerprint density at radius 2 is 1.71 bits per heavy atom. The number of sulfonamides is 1. The summed E-state index contributed by atoms with van der Waals surface area (Å²) in [6.07, 6.45) is 1.03. The smallest absolute Gasteiger partial charge is 0.248 e. The minimum Gasteiger partial charge on any atom is -0.322 e. The number of carbonyl (C=O) groups excluding carboxylic acids is 1. The number of halogens is 1. The van der Waals surface area contributed by atoms with Crippen molar-refractivity contribution in [3.63, 3.8) is 0 Å². The third kappa shape index (κ3) is 4.11. The molecule has 0 aromatic heterocycles. The van der Waals surface area contributed by atoms with Gasteiger partial charge in [0.15, 0.2) is 0 Å². The molecule has 1 N–H and O–H groups in total. The first kappa shape index (κ1) is 17.9. The van der Waals surface area contributed by atoms with Crippen molar-refractivity contribution < 1.29 is 17.6 Å². The van der Waals surface area contributed by atoms with Crippen LogP contribution in [0.1, 0.15) is 12.5 Å². The van der Waals surface area contributed by atoms with E-state index in [1.54, 1.807) is 30.3 Å². The van der Waals surface area contributed by atoms with Gasteiger partial charge in [-0.15, -0.1) is 0 Å². The molecule has 0 aliphatic heterocycles. The summed E-state index contributed by atoms with van der Waals surface area (Å²) in [6, 6.07) is 11.4. The molecule has 24 heavy (non-hydrogen) atoms. The van der Waals surface area contributed by atoms with Crippen LogP contribution in [0, 0.1) is 12.7 Å². The van der Waals surface area contributed by atoms with Crippen LogP contribution in [0.3, 0.4) is 0 Å². The number of amides is 1. The largest absolute Gasteiger partial charge is 0.322 e. The molecule has 0 spiro atoms. The second-order valence-corrected chi connectivity index (χ2v) is 7.40. The van der Waals surface area contributed by atoms with E-state index in [4.69, 9.17) is 0 Å². The molecule has 0 saturated carbocycles. The Morgan fingerprint density at radius 1 is 1.12 bits per heavy atom. The third-order valence-electron chi connectivity index (χ3n) is 3.51. The molecule has 1 atom stereocenters. The number of rotatable bonds is 5. The lowest BCUT2D eigenvalue weighted by Gasteiger charge is -2.28. The predicted octanol–water partition coefficient (Wildman–Crippen LogP) is 2.93. The SMILES string of the molecule is Cc1ccc(N(C(C)C(=O)Nc2ccccc2F)S(C)(=O)=O)cc1. The highest BCUT2D eigenvalue weighted by atomic mass is 32.2. The van der Waals surface area contributed by atoms with E-state index in [0.717, 1.165) is 16.1 Å². The van der Waals surface area contributed by atoms with E-state index in [1.165, 1.54) is 25.1 Å². The molecule has 0 fully saturated rings. The van der Waals surface area contributed by atoms with Gasteiger partial charge in [0, 0.05) is 0 Å². The molecule has 128 valence electrons. The Labute approximate surface area is 141 Å². The molecule has 0 radical (unpaired) electrons. The minimum absolute atomic E-state index is 0.00621. The highest BCUT2D eigenvalue weighted by molar-refractivity contribution is 7.92. The minimum atomic E-state index is -3.70. The number of hydrogen-bond acceptors (Lipinski definition) is 3. The summed E-state index contributed by atoms with van der Waals surface area (Å²) in [5.74, 6) is -1.20. The number of nitrogens with one attached hydrogen (secondary N) is 1. The molecular weight excluding hydrogens is 331 g/mol. The fraction of sp³-hybridized carbons (Fsp3) is 0.235. The maximum absolute atomic E-state index is 13.7. The van der Waals surface area contributed by atoms with Crippen LogP contribution in [0.2, 0.25) is 0 Å². The molecule has 2 rings (SSSR count). The molecule has 7 heteroatoms. The van der Waals surface area contributed by atoms with Crippen molar-refractivity contribution in [1.82, 2.24) is 0 Å². The number of aryl methyl sites for hydroxylation is 1. The zero-order valence-corrected chi connectivity index (χ0v) is 14.5. The van der Waals surface area contributed by atoms with Gasteiger partial charge in [0.1, 0.15) is 11.9 Å². The summed E-state index contributed by atoms with van der Waals surface area (Å²) in [6.45, 7) is 3.33. The Hall–Kier alpha value is -2.41. The highest BCUT2D eigenvalue weighted by Gasteiger charge is 2.29. The van der Waals surface area contributed by atoms with Crippen LogP contribution >= 0.6 is 0 Å². The van der Waals surface area contributed by atoms with Crippen LogP contribution in [0.25, 0.3) is 0 Å². The van der Waals surface area contributed by atoms with Crippen LogP contribution in [-0.4, -0.2) is 26.6 Å². The molecule has 1 amide bonds. The van der Waals surface area contributed by atoms with Crippen LogP contribution in [-0.2, 0) is 14.8 Å². The Morgan fingerprint density at radius 3 is 2.25 bits per heavy atom. The van der Waals surface area contributed by atoms with Crippen molar-refractivity contribution in [2.45, 2.75) is 19.9 Å². The van der Waals surface area contributed by atoms with Gasteiger partial charge in [-0.25, -0.2) is 12.8 Å². The quantitative estimate of drug-likeness (QED) is 0.902. The van der Waals surface area contributed by atoms with Crippen molar-refractivity contribution in [1.29, 1.82) is 0 Å². The van der Waals surface area contributed by atoms with Crippen molar-refractivity contribution in [2.75, 3.05) is 15.9 Å². The average Bonchev–Trinajstić information content (AvgIpc) is 2.50. The lowest BCUT2D eigenvalue weighted by molar-refractivity contribution is -0.116. The summed E-state index contributed by atoms with van der Waals surface area (Å²) in [5.41, 5.74) is 1.35. The van der Waals surface area contributed by atoms with Crippen LogP contribution in [0.15, 0.2) is 48.5 Å². The van der Waals surface area contributed by atoms with Crippen LogP contribution in [0.5, 0.6) is 0 Å². The third-order valence-corrected chi connectivity index (χ3v) is 4.75. The van der Waals surface area contributed by atoms with E-state index in [9.17, 15) is 17.6 Å². The zero-order chi connectivity index (χ0) is 17.9. The topological polar surface area (TPSA) is 66.5 Å². The number of hydrogen-bond donors (Lipinski definition) is 1. The van der Waals surface area contributed by atoms with E-state index >= 15 is 0 Å². The lowest BCUT2D eigenvalue weighted by atomic mass is 10.2. The maximum Gasteiger partial charge on any atom is 0.248 e. The summed E-state index contributed by atoms with van der Waals surface area (Å²) >= 11 is 0. The first-order chi connectivity index (χ1) is 11.2. The molecule has 0 aliphatic rings. The number of nitrogens with zero attached hydrogens (tertiary/aromatic N) is 1. The van der Waals surface area contributed by atoms with E-state index in [0.29, 0.717) is 5.69 Å².